The van der Waals surface area contributed by atoms with Gasteiger partial charge in [0.1, 0.15) is 17.3 Å². The van der Waals surface area contributed by atoms with Crippen molar-refractivity contribution in [2.75, 3.05) is 17.3 Å². The SMILES string of the molecule is CC[S+](CC)CC.[NH4+].[OH-].[OH-]. The average molecular weight is 171 g/mol. The van der Waals surface area contributed by atoms with Gasteiger partial charge in [-0.2, -0.15) is 0 Å². The van der Waals surface area contributed by atoms with Gasteiger partial charge < -0.3 is 17.1 Å². The standard InChI is InChI=1S/C6H15S.H3N.2H2O/c1-4-7(5-2)6-3;;;/h4-6H2,1-3H3;1H3;2*1H2/q+1;;;/p-1. The summed E-state index contributed by atoms with van der Waals surface area (Å²) in [6.45, 7) is 6.82. The molecule has 0 unspecified atom stereocenters. The molecular weight excluding hydrogens is 150 g/mol. The second kappa shape index (κ2) is 16.1. The summed E-state index contributed by atoms with van der Waals surface area (Å²) in [4.78, 5) is 0. The Kier molecular flexibility index (Phi) is 36.2. The fourth-order valence-corrected chi connectivity index (χ4v) is 1.84. The Labute approximate surface area is 66.8 Å². The van der Waals surface area contributed by atoms with Crippen LogP contribution >= 0.6 is 0 Å². The van der Waals surface area contributed by atoms with Crippen molar-refractivity contribution in [3.8, 4) is 0 Å². The van der Waals surface area contributed by atoms with Crippen LogP contribution in [0.5, 0.6) is 0 Å². The van der Waals surface area contributed by atoms with Crippen LogP contribution in [0.2, 0.25) is 0 Å². The summed E-state index contributed by atoms with van der Waals surface area (Å²) >= 11 is 0. The lowest BCUT2D eigenvalue weighted by Gasteiger charge is -1.96. The Hall–Kier alpha value is 0.230. The van der Waals surface area contributed by atoms with E-state index in [9.17, 15) is 0 Å². The fraction of sp³-hybridized carbons (Fsp3) is 1.00. The predicted octanol–water partition coefficient (Wildman–Crippen LogP) is 1.69. The summed E-state index contributed by atoms with van der Waals surface area (Å²) in [5.74, 6) is 4.15. The minimum Gasteiger partial charge on any atom is -0.870 e. The summed E-state index contributed by atoms with van der Waals surface area (Å²) in [6, 6.07) is 0. The molecule has 0 aliphatic heterocycles. The molecule has 0 heterocycles. The molecule has 68 valence electrons. The number of hydrogen-bond acceptors (Lipinski definition) is 2. The quantitative estimate of drug-likeness (QED) is 0.654. The molecular formula is C6H21NO2S. The first-order chi connectivity index (χ1) is 3.35. The summed E-state index contributed by atoms with van der Waals surface area (Å²) in [7, 11) is 0.755. The Morgan fingerprint density at radius 1 is 0.800 bits per heavy atom. The molecule has 0 saturated carbocycles. The van der Waals surface area contributed by atoms with Gasteiger partial charge in [0.2, 0.25) is 0 Å². The van der Waals surface area contributed by atoms with E-state index in [4.69, 9.17) is 0 Å². The minimum absolute atomic E-state index is 0. The van der Waals surface area contributed by atoms with Crippen LogP contribution in [0, 0.1) is 0 Å². The predicted molar refractivity (Wildman–Crippen MR) is 48.8 cm³/mol. The molecule has 0 spiro atoms. The lowest BCUT2D eigenvalue weighted by Crippen LogP contribution is -2.09. The highest BCUT2D eigenvalue weighted by Gasteiger charge is 2.05. The summed E-state index contributed by atoms with van der Waals surface area (Å²) < 4.78 is 0. The molecule has 6 N–H and O–H groups in total. The maximum atomic E-state index is 2.27. The van der Waals surface area contributed by atoms with Crippen molar-refractivity contribution in [1.82, 2.24) is 6.15 Å². The molecule has 0 aromatic carbocycles. The van der Waals surface area contributed by atoms with Crippen LogP contribution in [-0.2, 0) is 10.9 Å². The first kappa shape index (κ1) is 22.5. The van der Waals surface area contributed by atoms with Gasteiger partial charge >= 0.3 is 0 Å². The van der Waals surface area contributed by atoms with Gasteiger partial charge in [0.05, 0.1) is 0 Å². The van der Waals surface area contributed by atoms with Gasteiger partial charge in [-0.3, -0.25) is 0 Å². The van der Waals surface area contributed by atoms with E-state index in [1.54, 1.807) is 0 Å². The topological polar surface area (TPSA) is 96.5 Å². The summed E-state index contributed by atoms with van der Waals surface area (Å²) in [5, 5.41) is 0. The Morgan fingerprint density at radius 3 is 1.00 bits per heavy atom. The molecule has 0 aromatic rings. The average Bonchev–Trinajstić information content (AvgIpc) is 1.72. The van der Waals surface area contributed by atoms with Crippen LogP contribution in [0.25, 0.3) is 0 Å². The summed E-state index contributed by atoms with van der Waals surface area (Å²) in [6.07, 6.45) is 0. The number of hydrogen-bond donors (Lipinski definition) is 1. The molecule has 0 atom stereocenters. The Bertz CT molecular complexity index is 37.2. The molecule has 4 heteroatoms. The summed E-state index contributed by atoms with van der Waals surface area (Å²) in [5.41, 5.74) is 0. The molecule has 0 radical (unpaired) electrons. The third-order valence-electron chi connectivity index (χ3n) is 1.22. The highest BCUT2D eigenvalue weighted by atomic mass is 32.2. The fourth-order valence-electron chi connectivity index (χ4n) is 0.612. The van der Waals surface area contributed by atoms with Gasteiger partial charge in [-0.15, -0.1) is 0 Å². The zero-order chi connectivity index (χ0) is 5.70. The lowest BCUT2D eigenvalue weighted by molar-refractivity contribution is 0.823. The van der Waals surface area contributed by atoms with E-state index in [1.165, 1.54) is 17.3 Å². The lowest BCUT2D eigenvalue weighted by atomic mass is 10.9. The van der Waals surface area contributed by atoms with Crippen LogP contribution in [0.3, 0.4) is 0 Å². The molecule has 0 rings (SSSR count). The third kappa shape index (κ3) is 11.1. The molecule has 0 bridgehead atoms. The Balaban J connectivity index is -0.0000000600. The van der Waals surface area contributed by atoms with Crippen molar-refractivity contribution in [2.24, 2.45) is 0 Å². The maximum Gasteiger partial charge on any atom is 0.105 e. The first-order valence-corrected chi connectivity index (χ1v) is 4.72. The molecule has 0 saturated heterocycles. The van der Waals surface area contributed by atoms with Crippen LogP contribution in [0.1, 0.15) is 20.8 Å². The van der Waals surface area contributed by atoms with Crippen molar-refractivity contribution in [3.63, 3.8) is 0 Å². The zero-order valence-corrected chi connectivity index (χ0v) is 8.24. The van der Waals surface area contributed by atoms with Crippen LogP contribution in [-0.4, -0.2) is 28.2 Å². The molecule has 3 nitrogen and oxygen atoms in total. The van der Waals surface area contributed by atoms with E-state index in [1.807, 2.05) is 0 Å². The second-order valence-corrected chi connectivity index (χ2v) is 4.44. The van der Waals surface area contributed by atoms with E-state index < -0.39 is 0 Å². The maximum absolute atomic E-state index is 2.27. The molecule has 0 aromatic heterocycles. The van der Waals surface area contributed by atoms with Crippen LogP contribution in [0.15, 0.2) is 0 Å². The van der Waals surface area contributed by atoms with Crippen molar-refractivity contribution < 1.29 is 11.0 Å². The van der Waals surface area contributed by atoms with E-state index in [-0.39, 0.29) is 17.1 Å². The van der Waals surface area contributed by atoms with E-state index in [0.717, 1.165) is 10.9 Å². The van der Waals surface area contributed by atoms with Gasteiger partial charge in [-0.05, 0) is 31.7 Å². The second-order valence-electron chi connectivity index (χ2n) is 1.48. The number of quaternary nitrogens is 1. The normalized spacial score (nSPS) is 7.20. The van der Waals surface area contributed by atoms with Crippen molar-refractivity contribution in [1.29, 1.82) is 0 Å². The smallest absolute Gasteiger partial charge is 0.105 e. The van der Waals surface area contributed by atoms with Gasteiger partial charge in [-0.1, -0.05) is 0 Å². The van der Waals surface area contributed by atoms with E-state index >= 15 is 0 Å². The van der Waals surface area contributed by atoms with Crippen molar-refractivity contribution in [3.05, 3.63) is 0 Å². The zero-order valence-electron chi connectivity index (χ0n) is 7.42. The first-order valence-electron chi connectivity index (χ1n) is 2.99. The minimum atomic E-state index is 0. The highest BCUT2D eigenvalue weighted by molar-refractivity contribution is 7.96. The Morgan fingerprint density at radius 2 is 1.00 bits per heavy atom. The van der Waals surface area contributed by atoms with Crippen LogP contribution in [0.4, 0.5) is 0 Å². The molecule has 0 aliphatic carbocycles. The van der Waals surface area contributed by atoms with E-state index in [2.05, 4.69) is 20.8 Å². The van der Waals surface area contributed by atoms with Crippen molar-refractivity contribution >= 4 is 10.9 Å². The molecule has 0 aliphatic rings. The van der Waals surface area contributed by atoms with E-state index in [0.29, 0.717) is 0 Å². The molecule has 0 fully saturated rings. The van der Waals surface area contributed by atoms with Gasteiger partial charge in [-0.25, -0.2) is 0 Å². The van der Waals surface area contributed by atoms with Gasteiger partial charge in [0, 0.05) is 0 Å². The van der Waals surface area contributed by atoms with Crippen molar-refractivity contribution in [2.45, 2.75) is 20.8 Å². The third-order valence-corrected chi connectivity index (χ3v) is 3.67. The van der Waals surface area contributed by atoms with Gasteiger partial charge in [0.25, 0.3) is 0 Å². The largest absolute Gasteiger partial charge is 0.870 e. The van der Waals surface area contributed by atoms with Crippen LogP contribution < -0.4 is 6.15 Å². The monoisotopic (exact) mass is 171 g/mol. The highest BCUT2D eigenvalue weighted by Crippen LogP contribution is 1.92. The number of rotatable bonds is 3. The molecule has 0 amide bonds. The molecule has 10 heavy (non-hydrogen) atoms. The van der Waals surface area contributed by atoms with Gasteiger partial charge in [0.15, 0.2) is 0 Å².